The minimum atomic E-state index is 0.404. The highest BCUT2D eigenvalue weighted by Crippen LogP contribution is 2.47. The molecule has 0 aliphatic heterocycles. The average Bonchev–Trinajstić information content (AvgIpc) is 2.47. The highest BCUT2D eigenvalue weighted by atomic mass is 16.5. The van der Waals surface area contributed by atoms with Crippen LogP contribution in [0.15, 0.2) is 24.3 Å². The molecular weight excluding hydrogens is 258 g/mol. The van der Waals surface area contributed by atoms with Gasteiger partial charge >= 0.3 is 0 Å². The fraction of sp³-hybridized carbons (Fsp3) is 0.684. The number of benzene rings is 1. The summed E-state index contributed by atoms with van der Waals surface area (Å²) >= 11 is 0. The Hall–Kier alpha value is -1.02. The van der Waals surface area contributed by atoms with Crippen LogP contribution in [0, 0.1) is 17.3 Å². The summed E-state index contributed by atoms with van der Waals surface area (Å²) in [4.78, 5) is 0. The van der Waals surface area contributed by atoms with Gasteiger partial charge in [-0.25, -0.2) is 0 Å². The lowest BCUT2D eigenvalue weighted by molar-refractivity contribution is 0.130. The maximum Gasteiger partial charge on any atom is 0.119 e. The zero-order chi connectivity index (χ0) is 15.5. The van der Waals surface area contributed by atoms with Crippen LogP contribution >= 0.6 is 0 Å². The van der Waals surface area contributed by atoms with Gasteiger partial charge in [-0.15, -0.1) is 0 Å². The van der Waals surface area contributed by atoms with Gasteiger partial charge in [-0.2, -0.15) is 0 Å². The van der Waals surface area contributed by atoms with Crippen molar-refractivity contribution in [3.63, 3.8) is 0 Å². The van der Waals surface area contributed by atoms with Gasteiger partial charge in [0.15, 0.2) is 0 Å². The first-order chi connectivity index (χ1) is 9.95. The highest BCUT2D eigenvalue weighted by Gasteiger charge is 2.36. The number of nitrogens with one attached hydrogen (secondary N) is 1. The molecule has 1 aliphatic rings. The molecule has 1 aliphatic carbocycles. The van der Waals surface area contributed by atoms with E-state index < -0.39 is 0 Å². The summed E-state index contributed by atoms with van der Waals surface area (Å²) in [5.74, 6) is 3.17. The number of hydrogen-bond donors (Lipinski definition) is 1. The maximum absolute atomic E-state index is 5.42. The van der Waals surface area contributed by atoms with Crippen molar-refractivity contribution >= 4 is 0 Å². The van der Waals surface area contributed by atoms with Crippen molar-refractivity contribution < 1.29 is 4.74 Å². The van der Waals surface area contributed by atoms with E-state index in [1.807, 2.05) is 6.07 Å². The Kier molecular flexibility index (Phi) is 5.32. The predicted octanol–water partition coefficient (Wildman–Crippen LogP) is 4.46. The average molecular weight is 289 g/mol. The van der Waals surface area contributed by atoms with Gasteiger partial charge < -0.3 is 10.1 Å². The number of rotatable bonds is 4. The Bertz CT molecular complexity index is 449. The lowest BCUT2D eigenvalue weighted by Gasteiger charge is -2.42. The van der Waals surface area contributed by atoms with Crippen molar-refractivity contribution in [3.05, 3.63) is 29.8 Å². The lowest BCUT2D eigenvalue weighted by Crippen LogP contribution is -2.34. The van der Waals surface area contributed by atoms with Crippen molar-refractivity contribution in [2.75, 3.05) is 20.7 Å². The highest BCUT2D eigenvalue weighted by molar-refractivity contribution is 5.31. The molecule has 0 amide bonds. The zero-order valence-corrected chi connectivity index (χ0v) is 14.3. The molecule has 1 saturated carbocycles. The molecule has 0 bridgehead atoms. The maximum atomic E-state index is 5.42. The van der Waals surface area contributed by atoms with E-state index in [9.17, 15) is 0 Å². The van der Waals surface area contributed by atoms with Gasteiger partial charge in [-0.3, -0.25) is 0 Å². The summed E-state index contributed by atoms with van der Waals surface area (Å²) in [5, 5.41) is 3.39. The predicted molar refractivity (Wildman–Crippen MR) is 89.9 cm³/mol. The van der Waals surface area contributed by atoms with Gasteiger partial charge in [0.05, 0.1) is 7.11 Å². The first kappa shape index (κ1) is 16.4. The molecule has 2 heteroatoms. The van der Waals surface area contributed by atoms with Crippen molar-refractivity contribution in [2.24, 2.45) is 17.3 Å². The first-order valence-electron chi connectivity index (χ1n) is 8.24. The van der Waals surface area contributed by atoms with Gasteiger partial charge in [-0.05, 0) is 73.7 Å². The molecule has 3 unspecified atom stereocenters. The third-order valence-electron chi connectivity index (χ3n) is 5.21. The fourth-order valence-electron chi connectivity index (χ4n) is 3.81. The second-order valence-corrected chi connectivity index (χ2v) is 7.58. The van der Waals surface area contributed by atoms with Crippen LogP contribution in [0.25, 0.3) is 0 Å². The van der Waals surface area contributed by atoms with Crippen LogP contribution in [0.5, 0.6) is 5.75 Å². The van der Waals surface area contributed by atoms with Crippen LogP contribution < -0.4 is 10.1 Å². The van der Waals surface area contributed by atoms with Crippen molar-refractivity contribution in [1.82, 2.24) is 5.32 Å². The van der Waals surface area contributed by atoms with E-state index in [2.05, 4.69) is 51.3 Å². The summed E-state index contributed by atoms with van der Waals surface area (Å²) in [5.41, 5.74) is 1.85. The van der Waals surface area contributed by atoms with E-state index in [0.29, 0.717) is 11.3 Å². The van der Waals surface area contributed by atoms with Crippen LogP contribution in [-0.2, 0) is 0 Å². The van der Waals surface area contributed by atoms with E-state index in [1.165, 1.54) is 24.8 Å². The third kappa shape index (κ3) is 4.00. The molecule has 1 aromatic carbocycles. The Morgan fingerprint density at radius 1 is 1.24 bits per heavy atom. The molecule has 1 aromatic rings. The van der Waals surface area contributed by atoms with E-state index >= 15 is 0 Å². The van der Waals surface area contributed by atoms with Gasteiger partial charge in [0.2, 0.25) is 0 Å². The minimum Gasteiger partial charge on any atom is -0.497 e. The molecule has 118 valence electrons. The molecule has 21 heavy (non-hydrogen) atoms. The summed E-state index contributed by atoms with van der Waals surface area (Å²) in [6.07, 6.45) is 3.98. The first-order valence-corrected chi connectivity index (χ1v) is 8.24. The van der Waals surface area contributed by atoms with Gasteiger partial charge in [-0.1, -0.05) is 32.9 Å². The molecule has 0 heterocycles. The van der Waals surface area contributed by atoms with Gasteiger partial charge in [0.1, 0.15) is 5.75 Å². The summed E-state index contributed by atoms with van der Waals surface area (Å²) < 4.78 is 5.42. The molecule has 0 aromatic heterocycles. The Labute approximate surface area is 130 Å². The smallest absolute Gasteiger partial charge is 0.119 e. The SMILES string of the molecule is CNCC1CCC(C(C)(C)C)CC1c1cccc(OC)c1. The topological polar surface area (TPSA) is 21.3 Å². The Morgan fingerprint density at radius 3 is 2.62 bits per heavy atom. The van der Waals surface area contributed by atoms with Crippen LogP contribution in [0.1, 0.15) is 51.5 Å². The quantitative estimate of drug-likeness (QED) is 0.883. The molecule has 2 nitrogen and oxygen atoms in total. The Morgan fingerprint density at radius 2 is 2.00 bits per heavy atom. The molecule has 1 fully saturated rings. The van der Waals surface area contributed by atoms with Crippen molar-refractivity contribution in [2.45, 2.75) is 46.0 Å². The number of ether oxygens (including phenoxy) is 1. The second kappa shape index (κ2) is 6.83. The summed E-state index contributed by atoms with van der Waals surface area (Å²) in [6.45, 7) is 8.27. The normalized spacial score (nSPS) is 26.6. The lowest BCUT2D eigenvalue weighted by atomic mass is 9.64. The molecule has 3 atom stereocenters. The van der Waals surface area contributed by atoms with E-state index in [0.717, 1.165) is 24.1 Å². The van der Waals surface area contributed by atoms with Crippen LogP contribution in [0.2, 0.25) is 0 Å². The molecule has 0 radical (unpaired) electrons. The minimum absolute atomic E-state index is 0.404. The summed E-state index contributed by atoms with van der Waals surface area (Å²) in [6, 6.07) is 8.69. The molecular formula is C19H31NO. The van der Waals surface area contributed by atoms with E-state index in [4.69, 9.17) is 4.74 Å². The third-order valence-corrected chi connectivity index (χ3v) is 5.21. The number of methoxy groups -OCH3 is 1. The second-order valence-electron chi connectivity index (χ2n) is 7.58. The largest absolute Gasteiger partial charge is 0.497 e. The molecule has 0 saturated heterocycles. The van der Waals surface area contributed by atoms with Gasteiger partial charge in [0, 0.05) is 0 Å². The van der Waals surface area contributed by atoms with Crippen LogP contribution in [0.4, 0.5) is 0 Å². The standard InChI is InChI=1S/C19H31NO/c1-19(2,3)16-10-9-15(13-20-4)18(12-16)14-7-6-8-17(11-14)21-5/h6-8,11,15-16,18,20H,9-10,12-13H2,1-5H3. The Balaban J connectivity index is 2.24. The monoisotopic (exact) mass is 289 g/mol. The van der Waals surface area contributed by atoms with E-state index in [1.54, 1.807) is 7.11 Å². The number of hydrogen-bond acceptors (Lipinski definition) is 2. The van der Waals surface area contributed by atoms with Crippen LogP contribution in [-0.4, -0.2) is 20.7 Å². The molecule has 0 spiro atoms. The summed E-state index contributed by atoms with van der Waals surface area (Å²) in [7, 11) is 3.82. The fourth-order valence-corrected chi connectivity index (χ4v) is 3.81. The van der Waals surface area contributed by atoms with Gasteiger partial charge in [0.25, 0.3) is 0 Å². The van der Waals surface area contributed by atoms with Crippen LogP contribution in [0.3, 0.4) is 0 Å². The zero-order valence-electron chi connectivity index (χ0n) is 14.3. The molecule has 2 rings (SSSR count). The van der Waals surface area contributed by atoms with Crippen molar-refractivity contribution in [1.29, 1.82) is 0 Å². The molecule has 1 N–H and O–H groups in total. The van der Waals surface area contributed by atoms with Crippen molar-refractivity contribution in [3.8, 4) is 5.75 Å². The van der Waals surface area contributed by atoms with E-state index in [-0.39, 0.29) is 0 Å².